The summed E-state index contributed by atoms with van der Waals surface area (Å²) in [5.41, 5.74) is 10.9. The van der Waals surface area contributed by atoms with Crippen LogP contribution >= 0.6 is 0 Å². The van der Waals surface area contributed by atoms with E-state index >= 15 is 0 Å². The minimum absolute atomic E-state index is 0.776. The molecule has 2 heterocycles. The molecule has 0 spiro atoms. The van der Waals surface area contributed by atoms with Gasteiger partial charge in [-0.1, -0.05) is 32.0 Å². The highest BCUT2D eigenvalue weighted by atomic mass is 15.1. The van der Waals surface area contributed by atoms with Gasteiger partial charge in [0.25, 0.3) is 0 Å². The summed E-state index contributed by atoms with van der Waals surface area (Å²) in [7, 11) is 0. The van der Waals surface area contributed by atoms with Crippen LogP contribution in [0.15, 0.2) is 48.7 Å². The van der Waals surface area contributed by atoms with Crippen molar-refractivity contribution in [1.29, 1.82) is 0 Å². The minimum atomic E-state index is 0.776. The molecule has 0 saturated carbocycles. The number of nitrogens with two attached hydrogens (primary N) is 1. The van der Waals surface area contributed by atoms with Crippen LogP contribution < -0.4 is 5.73 Å². The predicted molar refractivity (Wildman–Crippen MR) is 91.7 cm³/mol. The Morgan fingerprint density at radius 1 is 1.05 bits per heavy atom. The summed E-state index contributed by atoms with van der Waals surface area (Å²) < 4.78 is 2.18. The van der Waals surface area contributed by atoms with E-state index in [4.69, 9.17) is 10.7 Å². The van der Waals surface area contributed by atoms with Crippen LogP contribution in [0.4, 0.5) is 5.69 Å². The summed E-state index contributed by atoms with van der Waals surface area (Å²) >= 11 is 0. The molecule has 114 valence electrons. The maximum Gasteiger partial charge on any atom is 0.137 e. The second-order valence-corrected chi connectivity index (χ2v) is 5.42. The zero-order chi connectivity index (χ0) is 15.5. The third-order valence-electron chi connectivity index (χ3n) is 4.08. The number of hydrogen-bond donors (Lipinski definition) is 1. The third kappa shape index (κ3) is 2.70. The quantitative estimate of drug-likeness (QED) is 0.733. The summed E-state index contributed by atoms with van der Waals surface area (Å²) in [5, 5.41) is 0. The van der Waals surface area contributed by atoms with Gasteiger partial charge in [-0.25, -0.2) is 4.98 Å². The number of benzene rings is 1. The molecule has 1 aromatic carbocycles. The standard InChI is InChI=1S/C18H22N4/c1-3-21(4-2)13-16-18(14-8-10-15(19)11-9-14)20-17-7-5-6-12-22(16)17/h5-12H,3-4,13,19H2,1-2H3. The molecule has 0 aliphatic rings. The van der Waals surface area contributed by atoms with E-state index in [2.05, 4.69) is 29.3 Å². The van der Waals surface area contributed by atoms with E-state index in [0.29, 0.717) is 0 Å². The Balaban J connectivity index is 2.13. The van der Waals surface area contributed by atoms with Crippen molar-refractivity contribution in [1.82, 2.24) is 14.3 Å². The minimum Gasteiger partial charge on any atom is -0.399 e. The van der Waals surface area contributed by atoms with E-state index < -0.39 is 0 Å². The fraction of sp³-hybridized carbons (Fsp3) is 0.278. The number of fused-ring (bicyclic) bond motifs is 1. The maximum atomic E-state index is 5.81. The van der Waals surface area contributed by atoms with Crippen molar-refractivity contribution in [3.63, 3.8) is 0 Å². The van der Waals surface area contributed by atoms with Crippen molar-refractivity contribution in [2.75, 3.05) is 18.8 Å². The van der Waals surface area contributed by atoms with Crippen LogP contribution in [0.25, 0.3) is 16.9 Å². The van der Waals surface area contributed by atoms with Gasteiger partial charge < -0.3 is 10.1 Å². The van der Waals surface area contributed by atoms with Gasteiger partial charge in [-0.2, -0.15) is 0 Å². The van der Waals surface area contributed by atoms with Gasteiger partial charge in [0.15, 0.2) is 0 Å². The first-order chi connectivity index (χ1) is 10.7. The summed E-state index contributed by atoms with van der Waals surface area (Å²) in [5.74, 6) is 0. The average Bonchev–Trinajstić information content (AvgIpc) is 2.92. The second kappa shape index (κ2) is 6.20. The Kier molecular flexibility index (Phi) is 4.11. The van der Waals surface area contributed by atoms with E-state index in [1.54, 1.807) is 0 Å². The molecule has 2 aromatic heterocycles. The highest BCUT2D eigenvalue weighted by Gasteiger charge is 2.15. The van der Waals surface area contributed by atoms with Crippen molar-refractivity contribution in [3.8, 4) is 11.3 Å². The van der Waals surface area contributed by atoms with E-state index in [-0.39, 0.29) is 0 Å². The summed E-state index contributed by atoms with van der Waals surface area (Å²) in [6, 6.07) is 14.1. The van der Waals surface area contributed by atoms with Crippen LogP contribution in [-0.4, -0.2) is 27.4 Å². The number of rotatable bonds is 5. The highest BCUT2D eigenvalue weighted by Crippen LogP contribution is 2.26. The van der Waals surface area contributed by atoms with Crippen molar-refractivity contribution in [2.24, 2.45) is 0 Å². The molecule has 2 N–H and O–H groups in total. The van der Waals surface area contributed by atoms with Gasteiger partial charge in [-0.05, 0) is 37.4 Å². The van der Waals surface area contributed by atoms with E-state index in [1.807, 2.05) is 42.5 Å². The molecule has 22 heavy (non-hydrogen) atoms. The van der Waals surface area contributed by atoms with Gasteiger partial charge >= 0.3 is 0 Å². The molecule has 0 saturated heterocycles. The number of pyridine rings is 1. The molecule has 0 aliphatic heterocycles. The molecule has 0 aliphatic carbocycles. The average molecular weight is 294 g/mol. The van der Waals surface area contributed by atoms with Crippen LogP contribution in [0.1, 0.15) is 19.5 Å². The summed E-state index contributed by atoms with van der Waals surface area (Å²) in [6.07, 6.45) is 2.09. The number of nitrogens with zero attached hydrogens (tertiary/aromatic N) is 3. The third-order valence-corrected chi connectivity index (χ3v) is 4.08. The first-order valence-electron chi connectivity index (χ1n) is 7.77. The molecule has 0 unspecified atom stereocenters. The zero-order valence-corrected chi connectivity index (χ0v) is 13.2. The Bertz CT molecular complexity index is 754. The van der Waals surface area contributed by atoms with Crippen LogP contribution in [-0.2, 0) is 6.54 Å². The van der Waals surface area contributed by atoms with Gasteiger partial charge in [0.05, 0.1) is 11.4 Å². The Morgan fingerprint density at radius 3 is 2.45 bits per heavy atom. The summed E-state index contributed by atoms with van der Waals surface area (Å²) in [4.78, 5) is 7.23. The van der Waals surface area contributed by atoms with Crippen LogP contribution in [0.3, 0.4) is 0 Å². The topological polar surface area (TPSA) is 46.6 Å². The fourth-order valence-electron chi connectivity index (χ4n) is 2.73. The Morgan fingerprint density at radius 2 is 1.77 bits per heavy atom. The lowest BCUT2D eigenvalue weighted by molar-refractivity contribution is 0.292. The number of nitrogen functional groups attached to an aromatic ring is 1. The number of hydrogen-bond acceptors (Lipinski definition) is 3. The molecule has 0 atom stereocenters. The monoisotopic (exact) mass is 294 g/mol. The van der Waals surface area contributed by atoms with Gasteiger partial charge in [-0.3, -0.25) is 4.90 Å². The lowest BCUT2D eigenvalue weighted by atomic mass is 10.1. The fourth-order valence-corrected chi connectivity index (χ4v) is 2.73. The molecular weight excluding hydrogens is 272 g/mol. The van der Waals surface area contributed by atoms with Gasteiger partial charge in [0.1, 0.15) is 5.65 Å². The smallest absolute Gasteiger partial charge is 0.137 e. The Hall–Kier alpha value is -2.33. The van der Waals surface area contributed by atoms with Crippen molar-refractivity contribution in [2.45, 2.75) is 20.4 Å². The van der Waals surface area contributed by atoms with Gasteiger partial charge in [0, 0.05) is 24.0 Å². The zero-order valence-electron chi connectivity index (χ0n) is 13.2. The SMILES string of the molecule is CCN(CC)Cc1c(-c2ccc(N)cc2)nc2ccccn12. The normalized spacial score (nSPS) is 11.4. The lowest BCUT2D eigenvalue weighted by Gasteiger charge is -2.18. The van der Waals surface area contributed by atoms with Crippen molar-refractivity contribution >= 4 is 11.3 Å². The first kappa shape index (κ1) is 14.6. The van der Waals surface area contributed by atoms with Crippen LogP contribution in [0.5, 0.6) is 0 Å². The Labute approximate surface area is 131 Å². The van der Waals surface area contributed by atoms with E-state index in [9.17, 15) is 0 Å². The number of anilines is 1. The molecular formula is C18H22N4. The molecule has 4 heteroatoms. The van der Waals surface area contributed by atoms with Crippen molar-refractivity contribution in [3.05, 3.63) is 54.4 Å². The number of imidazole rings is 1. The van der Waals surface area contributed by atoms with Crippen LogP contribution in [0, 0.1) is 0 Å². The van der Waals surface area contributed by atoms with Gasteiger partial charge in [-0.15, -0.1) is 0 Å². The molecule has 3 rings (SSSR count). The molecule has 4 nitrogen and oxygen atoms in total. The second-order valence-electron chi connectivity index (χ2n) is 5.42. The molecule has 0 fully saturated rings. The maximum absolute atomic E-state index is 5.81. The first-order valence-corrected chi connectivity index (χ1v) is 7.77. The predicted octanol–water partition coefficient (Wildman–Crippen LogP) is 3.43. The summed E-state index contributed by atoms with van der Waals surface area (Å²) in [6.45, 7) is 7.32. The largest absolute Gasteiger partial charge is 0.399 e. The van der Waals surface area contributed by atoms with E-state index in [1.165, 1.54) is 5.69 Å². The molecule has 0 radical (unpaired) electrons. The highest BCUT2D eigenvalue weighted by molar-refractivity contribution is 5.68. The van der Waals surface area contributed by atoms with Crippen LogP contribution in [0.2, 0.25) is 0 Å². The van der Waals surface area contributed by atoms with Crippen molar-refractivity contribution < 1.29 is 0 Å². The van der Waals surface area contributed by atoms with Gasteiger partial charge in [0.2, 0.25) is 0 Å². The van der Waals surface area contributed by atoms with E-state index in [0.717, 1.165) is 42.2 Å². The number of aromatic nitrogens is 2. The molecule has 0 amide bonds. The lowest BCUT2D eigenvalue weighted by Crippen LogP contribution is -2.23. The molecule has 0 bridgehead atoms. The molecule has 3 aromatic rings.